The van der Waals surface area contributed by atoms with Gasteiger partial charge in [0.2, 0.25) is 0 Å². The second-order valence-electron chi connectivity index (χ2n) is 16.0. The minimum Gasteiger partial charge on any atom is -0.550 e. The topological polar surface area (TPSA) is 145 Å². The number of rotatable bonds is 8. The summed E-state index contributed by atoms with van der Waals surface area (Å²) in [4.78, 5) is 27.8. The van der Waals surface area contributed by atoms with E-state index in [0.717, 1.165) is 74.6 Å². The maximum atomic E-state index is 11.1. The van der Waals surface area contributed by atoms with E-state index in [0.29, 0.717) is 11.5 Å². The van der Waals surface area contributed by atoms with E-state index in [2.05, 4.69) is 93.5 Å². The van der Waals surface area contributed by atoms with Gasteiger partial charge in [0.25, 0.3) is 0 Å². The predicted octanol–water partition coefficient (Wildman–Crippen LogP) is 6.88. The number of carbonyl (C=O) groups is 2. The van der Waals surface area contributed by atoms with E-state index in [1.54, 1.807) is 0 Å². The maximum absolute atomic E-state index is 11.1. The van der Waals surface area contributed by atoms with E-state index in [1.165, 1.54) is 11.1 Å². The molecule has 1 saturated carbocycles. The Morgan fingerprint density at radius 2 is 1.00 bits per heavy atom. The largest absolute Gasteiger partial charge is 2.00 e. The van der Waals surface area contributed by atoms with E-state index in [9.17, 15) is 10.2 Å². The second kappa shape index (κ2) is 20.5. The number of carboxylic acids is 2. The van der Waals surface area contributed by atoms with Crippen molar-refractivity contribution in [3.63, 3.8) is 0 Å². The molecule has 9 heteroatoms. The molecule has 0 aromatic heterocycles. The maximum Gasteiger partial charge on any atom is 2.00 e. The molecule has 0 spiro atoms. The van der Waals surface area contributed by atoms with Crippen LogP contribution in [0.1, 0.15) is 154 Å². The van der Waals surface area contributed by atoms with Crippen molar-refractivity contribution in [2.75, 3.05) is 0 Å². The first-order chi connectivity index (χ1) is 22.0. The Morgan fingerprint density at radius 3 is 1.24 bits per heavy atom. The number of hydrogen-bond acceptors (Lipinski definition) is 8. The van der Waals surface area contributed by atoms with Crippen LogP contribution in [-0.4, -0.2) is 46.7 Å². The third-order valence-electron chi connectivity index (χ3n) is 7.67. The molecule has 0 amide bonds. The summed E-state index contributed by atoms with van der Waals surface area (Å²) in [6.45, 7) is 23.9. The summed E-state index contributed by atoms with van der Waals surface area (Å²) in [7, 11) is 0. The standard InChI is InChI=1S/C36H54N2O2.2C2H4O2.Co/c1-23(2)29-17-25(19-35(5,6)7)15-27(33(29)39)21-37-31-13-11-12-14-32(31)38-22-28-16-26(20-36(8,9)10)18-30(24(3)4)34(28)40;2*1-2(3)4;/h15-18,21-24,31-32,39-40H,11-14,19-20H2,1-10H3;2*1H3,(H,3,4);/q;;;+2/p-2. The first kappa shape index (κ1) is 45.8. The van der Waals surface area contributed by atoms with E-state index in [1.807, 2.05) is 12.4 Å². The number of aliphatic imine (C=N–C) groups is 2. The first-order valence-electron chi connectivity index (χ1n) is 17.1. The van der Waals surface area contributed by atoms with Crippen LogP contribution in [0.4, 0.5) is 0 Å². The van der Waals surface area contributed by atoms with Crippen LogP contribution >= 0.6 is 0 Å². The van der Waals surface area contributed by atoms with E-state index in [4.69, 9.17) is 29.8 Å². The van der Waals surface area contributed by atoms with Gasteiger partial charge in [0.15, 0.2) is 0 Å². The molecule has 275 valence electrons. The summed E-state index contributed by atoms with van der Waals surface area (Å²) in [6.07, 6.45) is 9.86. The average Bonchev–Trinajstić information content (AvgIpc) is 2.91. The SMILES string of the molecule is CC(=O)[O-].CC(=O)[O-].CC(C)c1cc(CC(C)(C)C)cc(C=NC2CCCCC2N=Cc2cc(CC(C)(C)C)cc(C(C)C)c2O)c1O.[Co+2]. The minimum atomic E-state index is -1.08. The van der Waals surface area contributed by atoms with Gasteiger partial charge in [-0.1, -0.05) is 94.2 Å². The van der Waals surface area contributed by atoms with Gasteiger partial charge < -0.3 is 30.0 Å². The van der Waals surface area contributed by atoms with Gasteiger partial charge in [-0.2, -0.15) is 0 Å². The Hall–Kier alpha value is -3.17. The molecule has 1 aliphatic rings. The predicted molar refractivity (Wildman–Crippen MR) is 193 cm³/mol. The molecule has 49 heavy (non-hydrogen) atoms. The quantitative estimate of drug-likeness (QED) is 0.284. The third kappa shape index (κ3) is 17.9. The molecule has 8 nitrogen and oxygen atoms in total. The Balaban J connectivity index is 0.00000230. The normalized spacial score (nSPS) is 16.5. The van der Waals surface area contributed by atoms with Crippen LogP contribution in [0.25, 0.3) is 0 Å². The number of aliphatic carboxylic acids is 2. The van der Waals surface area contributed by atoms with Crippen molar-refractivity contribution in [3.05, 3.63) is 57.6 Å². The Labute approximate surface area is 305 Å². The molecule has 2 atom stereocenters. The summed E-state index contributed by atoms with van der Waals surface area (Å²) < 4.78 is 0. The summed E-state index contributed by atoms with van der Waals surface area (Å²) in [6, 6.07) is 8.63. The van der Waals surface area contributed by atoms with Gasteiger partial charge in [-0.05, 0) is 96.6 Å². The molecule has 0 bridgehead atoms. The number of benzene rings is 2. The van der Waals surface area contributed by atoms with E-state index >= 15 is 0 Å². The fourth-order valence-corrected chi connectivity index (χ4v) is 5.79. The molecular formula is C40H60CoN2O6. The summed E-state index contributed by atoms with van der Waals surface area (Å²) in [5, 5.41) is 40.0. The van der Waals surface area contributed by atoms with Crippen LogP contribution in [0.5, 0.6) is 11.5 Å². The molecule has 2 N–H and O–H groups in total. The molecule has 1 fully saturated rings. The van der Waals surface area contributed by atoms with Crippen molar-refractivity contribution in [1.29, 1.82) is 0 Å². The molecule has 0 heterocycles. The Kier molecular flexibility index (Phi) is 19.2. The molecule has 2 aromatic rings. The molecular weight excluding hydrogens is 663 g/mol. The first-order valence-corrected chi connectivity index (χ1v) is 17.1. The van der Waals surface area contributed by atoms with Crippen molar-refractivity contribution in [1.82, 2.24) is 0 Å². The molecule has 0 aliphatic heterocycles. The number of carbonyl (C=O) groups excluding carboxylic acids is 2. The number of aromatic hydroxyl groups is 2. The van der Waals surface area contributed by atoms with Crippen molar-refractivity contribution in [2.24, 2.45) is 20.8 Å². The summed E-state index contributed by atoms with van der Waals surface area (Å²) in [5.74, 6) is -1.02. The second-order valence-corrected chi connectivity index (χ2v) is 16.0. The number of phenols is 2. The van der Waals surface area contributed by atoms with Gasteiger partial charge in [-0.25, -0.2) is 0 Å². The number of carboxylic acid groups (broad SMARTS) is 2. The van der Waals surface area contributed by atoms with Gasteiger partial charge in [-0.15, -0.1) is 0 Å². The van der Waals surface area contributed by atoms with Crippen LogP contribution < -0.4 is 10.2 Å². The summed E-state index contributed by atoms with van der Waals surface area (Å²) >= 11 is 0. The minimum absolute atomic E-state index is 0. The monoisotopic (exact) mass is 723 g/mol. The number of nitrogens with zero attached hydrogens (tertiary/aromatic N) is 2. The number of hydrogen-bond donors (Lipinski definition) is 2. The zero-order valence-electron chi connectivity index (χ0n) is 31.8. The molecule has 3 rings (SSSR count). The van der Waals surface area contributed by atoms with Crippen molar-refractivity contribution in [3.8, 4) is 11.5 Å². The fraction of sp³-hybridized carbons (Fsp3) is 0.600. The molecule has 2 unspecified atom stereocenters. The third-order valence-corrected chi connectivity index (χ3v) is 7.67. The van der Waals surface area contributed by atoms with Gasteiger partial charge in [-0.3, -0.25) is 9.98 Å². The molecule has 1 radical (unpaired) electrons. The summed E-state index contributed by atoms with van der Waals surface area (Å²) in [5.41, 5.74) is 6.35. The molecule has 2 aromatic carbocycles. The van der Waals surface area contributed by atoms with Gasteiger partial charge in [0.1, 0.15) is 11.5 Å². The van der Waals surface area contributed by atoms with Crippen LogP contribution in [0.15, 0.2) is 34.3 Å². The fourth-order valence-electron chi connectivity index (χ4n) is 5.79. The average molecular weight is 724 g/mol. The van der Waals surface area contributed by atoms with Crippen LogP contribution in [0.2, 0.25) is 0 Å². The Morgan fingerprint density at radius 1 is 0.714 bits per heavy atom. The van der Waals surface area contributed by atoms with Crippen molar-refractivity contribution in [2.45, 2.75) is 146 Å². The van der Waals surface area contributed by atoms with E-state index < -0.39 is 11.9 Å². The zero-order valence-corrected chi connectivity index (χ0v) is 32.8. The van der Waals surface area contributed by atoms with Gasteiger partial charge in [0.05, 0.1) is 12.1 Å². The van der Waals surface area contributed by atoms with Crippen LogP contribution in [-0.2, 0) is 39.2 Å². The van der Waals surface area contributed by atoms with Crippen molar-refractivity contribution < 1.29 is 46.8 Å². The van der Waals surface area contributed by atoms with Crippen LogP contribution in [0, 0.1) is 10.8 Å². The number of phenolic OH excluding ortho intramolecular Hbond substituents is 2. The van der Waals surface area contributed by atoms with E-state index in [-0.39, 0.29) is 51.5 Å². The van der Waals surface area contributed by atoms with Crippen LogP contribution in [0.3, 0.4) is 0 Å². The zero-order chi connectivity index (χ0) is 37.0. The van der Waals surface area contributed by atoms with Crippen molar-refractivity contribution >= 4 is 24.4 Å². The van der Waals surface area contributed by atoms with Gasteiger partial charge >= 0.3 is 16.8 Å². The molecule has 0 saturated heterocycles. The molecule has 1 aliphatic carbocycles. The smallest absolute Gasteiger partial charge is 0.550 e. The van der Waals surface area contributed by atoms with Gasteiger partial charge in [0, 0.05) is 35.5 Å². The Bertz CT molecular complexity index is 1300.